The van der Waals surface area contributed by atoms with Crippen molar-refractivity contribution >= 4 is 34.4 Å². The molecule has 5 rings (SSSR count). The molecule has 2 heterocycles. The summed E-state index contributed by atoms with van der Waals surface area (Å²) in [6.07, 6.45) is 5.18. The Kier molecular flexibility index (Phi) is 8.23. The molecule has 2 atom stereocenters. The number of imidazole rings is 1. The number of cyclic esters (lactones) is 1. The first kappa shape index (κ1) is 28.6. The molecule has 1 aliphatic carbocycles. The Balaban J connectivity index is 1.37. The van der Waals surface area contributed by atoms with E-state index in [1.807, 2.05) is 32.0 Å². The molecule has 0 N–H and O–H groups in total. The molecular formula is C32H38ClFN2O4. The van der Waals surface area contributed by atoms with Crippen molar-refractivity contribution in [2.24, 2.45) is 11.8 Å². The summed E-state index contributed by atoms with van der Waals surface area (Å²) in [5.41, 5.74) is 1.59. The van der Waals surface area contributed by atoms with E-state index in [9.17, 15) is 14.0 Å². The van der Waals surface area contributed by atoms with Gasteiger partial charge in [-0.1, -0.05) is 30.5 Å². The Morgan fingerprint density at radius 1 is 1.12 bits per heavy atom. The van der Waals surface area contributed by atoms with E-state index in [4.69, 9.17) is 26.1 Å². The lowest BCUT2D eigenvalue weighted by atomic mass is 9.73. The van der Waals surface area contributed by atoms with E-state index < -0.39 is 23.3 Å². The number of ketones is 1. The molecule has 1 saturated carbocycles. The normalized spacial score (nSPS) is 22.1. The van der Waals surface area contributed by atoms with E-state index in [1.54, 1.807) is 12.1 Å². The highest BCUT2D eigenvalue weighted by molar-refractivity contribution is 6.31. The Morgan fingerprint density at radius 3 is 2.52 bits per heavy atom. The van der Waals surface area contributed by atoms with Crippen LogP contribution in [0.2, 0.25) is 5.02 Å². The van der Waals surface area contributed by atoms with Crippen LogP contribution in [0.25, 0.3) is 11.0 Å². The summed E-state index contributed by atoms with van der Waals surface area (Å²) < 4.78 is 28.6. The predicted molar refractivity (Wildman–Crippen MR) is 153 cm³/mol. The average Bonchev–Trinajstić information content (AvgIpc) is 3.54. The zero-order valence-electron chi connectivity index (χ0n) is 23.7. The number of hydrogen-bond donors (Lipinski definition) is 0. The second-order valence-corrected chi connectivity index (χ2v) is 12.4. The zero-order valence-corrected chi connectivity index (χ0v) is 24.5. The standard InChI is InChI=1S/C32H38ClFN2O4/c1-19(2)36-27-11-10-23(33)16-26(27)35-30(36)17-24-28(37)18-32(40-31(24)38,22-7-5-6-8-22)14-13-21-9-12-29(25(34)15-21)39-20(3)4/h9-12,15-16,19-20,22,24H,5-8,13-14,17-18H2,1-4H3. The summed E-state index contributed by atoms with van der Waals surface area (Å²) in [7, 11) is 0. The van der Waals surface area contributed by atoms with Crippen LogP contribution in [0, 0.1) is 17.7 Å². The van der Waals surface area contributed by atoms with Crippen molar-refractivity contribution in [3.63, 3.8) is 0 Å². The highest BCUT2D eigenvalue weighted by Crippen LogP contribution is 2.45. The van der Waals surface area contributed by atoms with Gasteiger partial charge >= 0.3 is 5.97 Å². The number of aryl methyl sites for hydroxylation is 1. The number of aromatic nitrogens is 2. The van der Waals surface area contributed by atoms with Crippen molar-refractivity contribution in [1.82, 2.24) is 9.55 Å². The molecule has 0 bridgehead atoms. The molecule has 0 radical (unpaired) electrons. The second kappa shape index (κ2) is 11.5. The maximum absolute atomic E-state index is 14.7. The van der Waals surface area contributed by atoms with E-state index >= 15 is 0 Å². The van der Waals surface area contributed by atoms with Crippen molar-refractivity contribution in [2.75, 3.05) is 0 Å². The van der Waals surface area contributed by atoms with Crippen LogP contribution in [0.1, 0.15) is 83.6 Å². The second-order valence-electron chi connectivity index (χ2n) is 11.9. The minimum absolute atomic E-state index is 0.0891. The van der Waals surface area contributed by atoms with Gasteiger partial charge in [0.05, 0.1) is 17.1 Å². The van der Waals surface area contributed by atoms with Gasteiger partial charge in [-0.3, -0.25) is 9.59 Å². The average molecular weight is 569 g/mol. The zero-order chi connectivity index (χ0) is 28.6. The molecule has 214 valence electrons. The van der Waals surface area contributed by atoms with Crippen molar-refractivity contribution in [2.45, 2.75) is 96.8 Å². The number of Topliss-reactive ketones (excluding diaryl/α,β-unsaturated/α-hetero) is 1. The lowest BCUT2D eigenvalue weighted by Crippen LogP contribution is -2.52. The molecule has 2 aliphatic rings. The van der Waals surface area contributed by atoms with Crippen LogP contribution in [0.3, 0.4) is 0 Å². The number of fused-ring (bicyclic) bond motifs is 1. The lowest BCUT2D eigenvalue weighted by Gasteiger charge is -2.43. The van der Waals surface area contributed by atoms with Crippen LogP contribution < -0.4 is 4.74 Å². The molecular weight excluding hydrogens is 531 g/mol. The molecule has 1 aliphatic heterocycles. The molecule has 1 saturated heterocycles. The minimum Gasteiger partial charge on any atom is -0.488 e. The SMILES string of the molecule is CC(C)Oc1ccc(CCC2(C3CCCC3)CC(=O)C(Cc3nc4cc(Cl)ccc4n3C(C)C)C(=O)O2)cc1F. The monoisotopic (exact) mass is 568 g/mol. The molecule has 0 amide bonds. The van der Waals surface area contributed by atoms with E-state index in [-0.39, 0.29) is 42.4 Å². The van der Waals surface area contributed by atoms with Gasteiger partial charge < -0.3 is 14.0 Å². The number of rotatable bonds is 9. The fourth-order valence-corrected chi connectivity index (χ4v) is 6.67. The maximum atomic E-state index is 14.7. The number of benzene rings is 2. The Hall–Kier alpha value is -2.93. The highest BCUT2D eigenvalue weighted by Gasteiger charge is 2.51. The molecule has 8 heteroatoms. The molecule has 0 spiro atoms. The third-order valence-electron chi connectivity index (χ3n) is 8.37. The van der Waals surface area contributed by atoms with Gasteiger partial charge in [0, 0.05) is 23.9 Å². The number of esters is 1. The number of carbonyl (C=O) groups excluding carboxylic acids is 2. The summed E-state index contributed by atoms with van der Waals surface area (Å²) in [6.45, 7) is 7.81. The van der Waals surface area contributed by atoms with Gasteiger partial charge in [-0.2, -0.15) is 0 Å². The van der Waals surface area contributed by atoms with Crippen LogP contribution >= 0.6 is 11.6 Å². The van der Waals surface area contributed by atoms with Crippen molar-refractivity contribution in [3.8, 4) is 5.75 Å². The van der Waals surface area contributed by atoms with Crippen LogP contribution in [-0.4, -0.2) is 33.0 Å². The quantitative estimate of drug-likeness (QED) is 0.198. The lowest BCUT2D eigenvalue weighted by molar-refractivity contribution is -0.185. The minimum atomic E-state index is -0.899. The predicted octanol–water partition coefficient (Wildman–Crippen LogP) is 7.43. The van der Waals surface area contributed by atoms with E-state index in [2.05, 4.69) is 18.4 Å². The van der Waals surface area contributed by atoms with Crippen molar-refractivity contribution in [3.05, 3.63) is 58.6 Å². The first-order valence-corrected chi connectivity index (χ1v) is 14.8. The Labute approximate surface area is 240 Å². The summed E-state index contributed by atoms with van der Waals surface area (Å²) in [6, 6.07) is 10.6. The highest BCUT2D eigenvalue weighted by atomic mass is 35.5. The Bertz CT molecular complexity index is 1390. The van der Waals surface area contributed by atoms with E-state index in [1.165, 1.54) is 6.07 Å². The van der Waals surface area contributed by atoms with Gasteiger partial charge in [0.15, 0.2) is 17.3 Å². The number of halogens is 2. The first-order chi connectivity index (χ1) is 19.1. The van der Waals surface area contributed by atoms with Gasteiger partial charge in [-0.05, 0) is 95.2 Å². The molecule has 2 unspecified atom stereocenters. The first-order valence-electron chi connectivity index (χ1n) is 14.4. The van der Waals surface area contributed by atoms with Crippen LogP contribution in [0.5, 0.6) is 5.75 Å². The molecule has 40 heavy (non-hydrogen) atoms. The van der Waals surface area contributed by atoms with Crippen LogP contribution in [-0.2, 0) is 27.2 Å². The van der Waals surface area contributed by atoms with Gasteiger partial charge in [-0.15, -0.1) is 0 Å². The summed E-state index contributed by atoms with van der Waals surface area (Å²) >= 11 is 6.20. The molecule has 2 fully saturated rings. The largest absolute Gasteiger partial charge is 0.488 e. The number of carbonyl (C=O) groups is 2. The topological polar surface area (TPSA) is 70.4 Å². The number of nitrogens with zero attached hydrogens (tertiary/aromatic N) is 2. The van der Waals surface area contributed by atoms with Gasteiger partial charge in [0.1, 0.15) is 17.3 Å². The smallest absolute Gasteiger partial charge is 0.317 e. The van der Waals surface area contributed by atoms with E-state index in [0.29, 0.717) is 23.7 Å². The van der Waals surface area contributed by atoms with Gasteiger partial charge in [0.25, 0.3) is 0 Å². The summed E-state index contributed by atoms with van der Waals surface area (Å²) in [5, 5.41) is 0.587. The molecule has 1 aromatic heterocycles. The summed E-state index contributed by atoms with van der Waals surface area (Å²) in [5.74, 6) is -0.865. The molecule has 6 nitrogen and oxygen atoms in total. The third-order valence-corrected chi connectivity index (χ3v) is 8.61. The van der Waals surface area contributed by atoms with E-state index in [0.717, 1.165) is 42.3 Å². The fraction of sp³-hybridized carbons (Fsp3) is 0.531. The Morgan fingerprint density at radius 2 is 1.88 bits per heavy atom. The molecule has 3 aromatic rings. The summed E-state index contributed by atoms with van der Waals surface area (Å²) in [4.78, 5) is 32.0. The van der Waals surface area contributed by atoms with Gasteiger partial charge in [0.2, 0.25) is 0 Å². The maximum Gasteiger partial charge on any atom is 0.317 e. The number of ether oxygens (including phenoxy) is 2. The van der Waals surface area contributed by atoms with Crippen molar-refractivity contribution < 1.29 is 23.5 Å². The van der Waals surface area contributed by atoms with Crippen molar-refractivity contribution in [1.29, 1.82) is 0 Å². The fourth-order valence-electron chi connectivity index (χ4n) is 6.51. The third kappa shape index (κ3) is 5.76. The van der Waals surface area contributed by atoms with Crippen LogP contribution in [0.15, 0.2) is 36.4 Å². The van der Waals surface area contributed by atoms with Gasteiger partial charge in [-0.25, -0.2) is 9.37 Å². The number of hydrogen-bond acceptors (Lipinski definition) is 5. The molecule has 2 aromatic carbocycles. The van der Waals surface area contributed by atoms with Crippen LogP contribution in [0.4, 0.5) is 4.39 Å².